The Labute approximate surface area is 114 Å². The first-order valence-corrected chi connectivity index (χ1v) is 7.33. The van der Waals surface area contributed by atoms with Crippen molar-refractivity contribution in [1.82, 2.24) is 4.98 Å². The lowest BCUT2D eigenvalue weighted by Gasteiger charge is -2.23. The number of hydrogen-bond donors (Lipinski definition) is 0. The highest BCUT2D eigenvalue weighted by atomic mass is 32.1. The van der Waals surface area contributed by atoms with Crippen molar-refractivity contribution in [1.29, 1.82) is 0 Å². The van der Waals surface area contributed by atoms with Crippen LogP contribution in [0.3, 0.4) is 0 Å². The van der Waals surface area contributed by atoms with Gasteiger partial charge in [0.05, 0.1) is 0 Å². The molecule has 0 amide bonds. The topological polar surface area (TPSA) is 12.9 Å². The van der Waals surface area contributed by atoms with Crippen LogP contribution in [0.2, 0.25) is 0 Å². The van der Waals surface area contributed by atoms with Crippen LogP contribution in [0.15, 0.2) is 35.8 Å². The van der Waals surface area contributed by atoms with Crippen molar-refractivity contribution in [2.75, 3.05) is 0 Å². The van der Waals surface area contributed by atoms with Crippen LogP contribution in [0.25, 0.3) is 10.6 Å². The highest BCUT2D eigenvalue weighted by Crippen LogP contribution is 2.32. The minimum atomic E-state index is 0.382. The SMILES string of the molecule is CC(CC(C)(C)C)c1ccc(-c2nccs2)cc1. The molecule has 0 N–H and O–H groups in total. The number of aromatic nitrogens is 1. The van der Waals surface area contributed by atoms with Gasteiger partial charge in [-0.1, -0.05) is 52.0 Å². The van der Waals surface area contributed by atoms with Gasteiger partial charge in [-0.15, -0.1) is 11.3 Å². The summed E-state index contributed by atoms with van der Waals surface area (Å²) in [6, 6.07) is 8.86. The molecule has 1 aromatic carbocycles. The first kappa shape index (κ1) is 13.3. The minimum Gasteiger partial charge on any atom is -0.245 e. The molecule has 2 rings (SSSR count). The van der Waals surface area contributed by atoms with Crippen molar-refractivity contribution in [2.24, 2.45) is 5.41 Å². The first-order valence-electron chi connectivity index (χ1n) is 6.45. The zero-order valence-corrected chi connectivity index (χ0v) is 12.4. The Kier molecular flexibility index (Phi) is 3.86. The number of nitrogens with zero attached hydrogens (tertiary/aromatic N) is 1. The molecular weight excluding hydrogens is 238 g/mol. The van der Waals surface area contributed by atoms with Crippen LogP contribution in [0.5, 0.6) is 0 Å². The van der Waals surface area contributed by atoms with E-state index >= 15 is 0 Å². The van der Waals surface area contributed by atoms with E-state index in [0.29, 0.717) is 11.3 Å². The van der Waals surface area contributed by atoms with Gasteiger partial charge in [0, 0.05) is 17.1 Å². The van der Waals surface area contributed by atoms with Crippen molar-refractivity contribution in [3.63, 3.8) is 0 Å². The second-order valence-corrected chi connectivity index (χ2v) is 7.02. The predicted octanol–water partition coefficient (Wildman–Crippen LogP) is 5.35. The highest BCUT2D eigenvalue weighted by molar-refractivity contribution is 7.13. The summed E-state index contributed by atoms with van der Waals surface area (Å²) >= 11 is 1.69. The summed E-state index contributed by atoms with van der Waals surface area (Å²) in [5, 5.41) is 3.12. The van der Waals surface area contributed by atoms with E-state index in [1.807, 2.05) is 11.6 Å². The molecule has 0 aliphatic rings. The van der Waals surface area contributed by atoms with Crippen LogP contribution in [0.1, 0.15) is 45.6 Å². The van der Waals surface area contributed by atoms with Crippen LogP contribution in [0, 0.1) is 5.41 Å². The molecule has 0 fully saturated rings. The highest BCUT2D eigenvalue weighted by Gasteiger charge is 2.16. The quantitative estimate of drug-likeness (QED) is 0.724. The number of benzene rings is 1. The predicted molar refractivity (Wildman–Crippen MR) is 80.0 cm³/mol. The monoisotopic (exact) mass is 259 g/mol. The minimum absolute atomic E-state index is 0.382. The van der Waals surface area contributed by atoms with Gasteiger partial charge in [0.2, 0.25) is 0 Å². The average Bonchev–Trinajstić information content (AvgIpc) is 2.80. The van der Waals surface area contributed by atoms with Crippen LogP contribution in [-0.4, -0.2) is 4.98 Å². The lowest BCUT2D eigenvalue weighted by molar-refractivity contribution is 0.349. The lowest BCUT2D eigenvalue weighted by Crippen LogP contribution is -2.09. The van der Waals surface area contributed by atoms with Gasteiger partial charge in [-0.25, -0.2) is 4.98 Å². The third-order valence-electron chi connectivity index (χ3n) is 3.08. The number of thiazole rings is 1. The lowest BCUT2D eigenvalue weighted by atomic mass is 9.82. The molecule has 0 bridgehead atoms. The summed E-state index contributed by atoms with van der Waals surface area (Å²) in [5.74, 6) is 0.607. The Morgan fingerprint density at radius 2 is 1.83 bits per heavy atom. The maximum atomic E-state index is 4.34. The molecule has 1 atom stereocenters. The molecule has 18 heavy (non-hydrogen) atoms. The van der Waals surface area contributed by atoms with Crippen molar-refractivity contribution < 1.29 is 0 Å². The number of hydrogen-bond acceptors (Lipinski definition) is 2. The van der Waals surface area contributed by atoms with Crippen LogP contribution in [-0.2, 0) is 0 Å². The molecule has 96 valence electrons. The average molecular weight is 259 g/mol. The molecule has 2 heteroatoms. The Hall–Kier alpha value is -1.15. The fourth-order valence-corrected chi connectivity index (χ4v) is 3.00. The van der Waals surface area contributed by atoms with Gasteiger partial charge in [-0.05, 0) is 23.3 Å². The normalized spacial score (nSPS) is 13.6. The molecule has 0 saturated heterocycles. The summed E-state index contributed by atoms with van der Waals surface area (Å²) in [6.07, 6.45) is 3.07. The van der Waals surface area contributed by atoms with E-state index in [9.17, 15) is 0 Å². The number of rotatable bonds is 3. The fraction of sp³-hybridized carbons (Fsp3) is 0.438. The molecule has 0 radical (unpaired) electrons. The molecule has 0 saturated carbocycles. The molecule has 1 nitrogen and oxygen atoms in total. The van der Waals surface area contributed by atoms with Crippen LogP contribution in [0.4, 0.5) is 0 Å². The Balaban J connectivity index is 2.13. The molecule has 2 aromatic rings. The van der Waals surface area contributed by atoms with E-state index in [1.54, 1.807) is 11.3 Å². The molecule has 0 aliphatic heterocycles. The molecule has 1 aromatic heterocycles. The Morgan fingerprint density at radius 3 is 2.33 bits per heavy atom. The Bertz CT molecular complexity index is 477. The molecule has 1 heterocycles. The van der Waals surface area contributed by atoms with Crippen LogP contribution < -0.4 is 0 Å². The maximum absolute atomic E-state index is 4.34. The van der Waals surface area contributed by atoms with Gasteiger partial charge >= 0.3 is 0 Å². The van der Waals surface area contributed by atoms with Crippen molar-refractivity contribution in [2.45, 2.75) is 40.0 Å². The maximum Gasteiger partial charge on any atom is 0.123 e. The van der Waals surface area contributed by atoms with Gasteiger partial charge in [0.15, 0.2) is 0 Å². The van der Waals surface area contributed by atoms with Crippen molar-refractivity contribution >= 4 is 11.3 Å². The third kappa shape index (κ3) is 3.42. The largest absolute Gasteiger partial charge is 0.245 e. The van der Waals surface area contributed by atoms with Crippen LogP contribution >= 0.6 is 11.3 Å². The summed E-state index contributed by atoms with van der Waals surface area (Å²) < 4.78 is 0. The van der Waals surface area contributed by atoms with Crippen molar-refractivity contribution in [3.05, 3.63) is 41.4 Å². The van der Waals surface area contributed by atoms with E-state index in [0.717, 1.165) is 5.01 Å². The first-order chi connectivity index (χ1) is 8.46. The summed E-state index contributed by atoms with van der Waals surface area (Å²) in [4.78, 5) is 4.34. The van der Waals surface area contributed by atoms with E-state index in [2.05, 4.69) is 56.9 Å². The second kappa shape index (κ2) is 5.23. The molecule has 1 unspecified atom stereocenters. The van der Waals surface area contributed by atoms with Crippen molar-refractivity contribution in [3.8, 4) is 10.6 Å². The second-order valence-electron chi connectivity index (χ2n) is 6.13. The van der Waals surface area contributed by atoms with E-state index in [4.69, 9.17) is 0 Å². The zero-order valence-electron chi connectivity index (χ0n) is 11.6. The summed E-state index contributed by atoms with van der Waals surface area (Å²) in [7, 11) is 0. The van der Waals surface area contributed by atoms with E-state index in [1.165, 1.54) is 17.5 Å². The van der Waals surface area contributed by atoms with Gasteiger partial charge in [-0.3, -0.25) is 0 Å². The molecular formula is C16H21NS. The van der Waals surface area contributed by atoms with E-state index in [-0.39, 0.29) is 0 Å². The molecule has 0 spiro atoms. The fourth-order valence-electron chi connectivity index (χ4n) is 2.36. The third-order valence-corrected chi connectivity index (χ3v) is 3.90. The van der Waals surface area contributed by atoms with Gasteiger partial charge in [0.1, 0.15) is 5.01 Å². The summed E-state index contributed by atoms with van der Waals surface area (Å²) in [6.45, 7) is 9.21. The van der Waals surface area contributed by atoms with Gasteiger partial charge in [0.25, 0.3) is 0 Å². The summed E-state index contributed by atoms with van der Waals surface area (Å²) in [5.41, 5.74) is 3.02. The standard InChI is InChI=1S/C16H21NS/c1-12(11-16(2,3)4)13-5-7-14(8-6-13)15-17-9-10-18-15/h5-10,12H,11H2,1-4H3. The van der Waals surface area contributed by atoms with Gasteiger partial charge in [-0.2, -0.15) is 0 Å². The Morgan fingerprint density at radius 1 is 1.17 bits per heavy atom. The molecule has 0 aliphatic carbocycles. The smallest absolute Gasteiger partial charge is 0.123 e. The zero-order chi connectivity index (χ0) is 13.2. The van der Waals surface area contributed by atoms with E-state index < -0.39 is 0 Å². The van der Waals surface area contributed by atoms with Gasteiger partial charge < -0.3 is 0 Å².